The first-order valence-electron chi connectivity index (χ1n) is 8.25. The van der Waals surface area contributed by atoms with Crippen LogP contribution >= 0.6 is 0 Å². The largest absolute Gasteiger partial charge is 0.347 e. The van der Waals surface area contributed by atoms with Crippen LogP contribution in [0.15, 0.2) is 43.1 Å². The maximum Gasteiger partial charge on any atom is 0.0483 e. The first kappa shape index (κ1) is 15.8. The van der Waals surface area contributed by atoms with Crippen molar-refractivity contribution in [3.63, 3.8) is 0 Å². The lowest BCUT2D eigenvalue weighted by Crippen LogP contribution is -2.13. The molecule has 1 N–H and O–H groups in total. The van der Waals surface area contributed by atoms with Crippen LogP contribution in [0.3, 0.4) is 0 Å². The van der Waals surface area contributed by atoms with E-state index in [0.717, 1.165) is 26.1 Å². The van der Waals surface area contributed by atoms with Crippen LogP contribution in [0.2, 0.25) is 0 Å². The van der Waals surface area contributed by atoms with Crippen molar-refractivity contribution in [1.29, 1.82) is 0 Å². The number of benzene rings is 1. The Bertz CT molecular complexity index is 554. The fraction of sp³-hybridized carbons (Fsp3) is 0.474. The van der Waals surface area contributed by atoms with E-state index in [0.29, 0.717) is 0 Å². The van der Waals surface area contributed by atoms with Crippen molar-refractivity contribution in [2.24, 2.45) is 0 Å². The normalized spacial score (nSPS) is 11.1. The highest BCUT2D eigenvalue weighted by atomic mass is 15.0. The number of hydrogen-bond acceptors (Lipinski definition) is 1. The molecule has 0 spiro atoms. The Morgan fingerprint density at radius 2 is 2.05 bits per heavy atom. The molecule has 114 valence electrons. The summed E-state index contributed by atoms with van der Waals surface area (Å²) in [6.45, 7) is 9.27. The quantitative estimate of drug-likeness (QED) is 0.500. The molecule has 2 rings (SSSR count). The van der Waals surface area contributed by atoms with Gasteiger partial charge >= 0.3 is 0 Å². The molecule has 2 nitrogen and oxygen atoms in total. The molecule has 0 aliphatic heterocycles. The van der Waals surface area contributed by atoms with Crippen molar-refractivity contribution in [3.05, 3.63) is 48.7 Å². The Morgan fingerprint density at radius 1 is 1.19 bits per heavy atom. The number of aromatic nitrogens is 1. The molecule has 21 heavy (non-hydrogen) atoms. The molecule has 2 aromatic rings. The molecule has 0 saturated heterocycles. The van der Waals surface area contributed by atoms with Crippen LogP contribution in [0, 0.1) is 0 Å². The molecule has 1 aromatic carbocycles. The van der Waals surface area contributed by atoms with Crippen molar-refractivity contribution >= 4 is 10.9 Å². The van der Waals surface area contributed by atoms with Gasteiger partial charge in [0.25, 0.3) is 0 Å². The summed E-state index contributed by atoms with van der Waals surface area (Å²) >= 11 is 0. The average molecular weight is 284 g/mol. The van der Waals surface area contributed by atoms with Crippen LogP contribution in [-0.2, 0) is 13.0 Å². The smallest absolute Gasteiger partial charge is 0.0483 e. The molecular formula is C19H28N2. The molecule has 0 amide bonds. The number of para-hydroxylation sites is 1. The minimum Gasteiger partial charge on any atom is -0.347 e. The molecule has 0 fully saturated rings. The molecule has 0 aliphatic carbocycles. The van der Waals surface area contributed by atoms with Gasteiger partial charge in [-0.15, -0.1) is 6.58 Å². The van der Waals surface area contributed by atoms with E-state index in [1.54, 1.807) is 0 Å². The van der Waals surface area contributed by atoms with Crippen LogP contribution < -0.4 is 5.32 Å². The summed E-state index contributed by atoms with van der Waals surface area (Å²) in [6, 6.07) is 8.80. The predicted octanol–water partition coefficient (Wildman–Crippen LogP) is 4.54. The molecule has 0 radical (unpaired) electrons. The number of rotatable bonds is 10. The lowest BCUT2D eigenvalue weighted by atomic mass is 10.1. The van der Waals surface area contributed by atoms with Gasteiger partial charge in [-0.2, -0.15) is 0 Å². The topological polar surface area (TPSA) is 17.0 Å². The zero-order chi connectivity index (χ0) is 14.9. The highest BCUT2D eigenvalue weighted by Crippen LogP contribution is 2.23. The summed E-state index contributed by atoms with van der Waals surface area (Å²) < 4.78 is 2.42. The van der Waals surface area contributed by atoms with Crippen LogP contribution in [0.25, 0.3) is 10.9 Å². The van der Waals surface area contributed by atoms with Gasteiger partial charge in [-0.1, -0.05) is 31.2 Å². The standard InChI is InChI=1S/C19H28N2/c1-3-5-10-15-21-16-17(11-8-9-14-20-4-2)18-12-6-7-13-19(18)21/h3,6-7,12-13,16,20H,1,4-5,8-11,14-15H2,2H3. The second-order valence-electron chi connectivity index (χ2n) is 5.61. The summed E-state index contributed by atoms with van der Waals surface area (Å²) in [5, 5.41) is 4.83. The van der Waals surface area contributed by atoms with Crippen molar-refractivity contribution in [1.82, 2.24) is 9.88 Å². The molecule has 0 bridgehead atoms. The summed E-state index contributed by atoms with van der Waals surface area (Å²) in [4.78, 5) is 0. The van der Waals surface area contributed by atoms with E-state index in [4.69, 9.17) is 0 Å². The van der Waals surface area contributed by atoms with Crippen molar-refractivity contribution < 1.29 is 0 Å². The Kier molecular flexibility index (Phi) is 6.55. The number of unbranched alkanes of at least 4 members (excludes halogenated alkanes) is 2. The van der Waals surface area contributed by atoms with E-state index in [9.17, 15) is 0 Å². The van der Waals surface area contributed by atoms with Crippen LogP contribution in [-0.4, -0.2) is 17.7 Å². The van der Waals surface area contributed by atoms with E-state index in [-0.39, 0.29) is 0 Å². The minimum atomic E-state index is 1.07. The second-order valence-corrected chi connectivity index (χ2v) is 5.61. The average Bonchev–Trinajstić information content (AvgIpc) is 2.86. The highest BCUT2D eigenvalue weighted by molar-refractivity contribution is 5.83. The molecule has 0 saturated carbocycles. The Balaban J connectivity index is 2.03. The van der Waals surface area contributed by atoms with Gasteiger partial charge in [0, 0.05) is 23.6 Å². The van der Waals surface area contributed by atoms with E-state index in [1.807, 2.05) is 6.08 Å². The Hall–Kier alpha value is -1.54. The third kappa shape index (κ3) is 4.47. The van der Waals surface area contributed by atoms with Gasteiger partial charge < -0.3 is 9.88 Å². The number of nitrogens with zero attached hydrogens (tertiary/aromatic N) is 1. The van der Waals surface area contributed by atoms with Crippen LogP contribution in [0.1, 0.15) is 38.2 Å². The van der Waals surface area contributed by atoms with Crippen molar-refractivity contribution in [3.8, 4) is 0 Å². The predicted molar refractivity (Wildman–Crippen MR) is 92.9 cm³/mol. The fourth-order valence-electron chi connectivity index (χ4n) is 2.86. The third-order valence-electron chi connectivity index (χ3n) is 3.98. The molecule has 0 unspecified atom stereocenters. The van der Waals surface area contributed by atoms with Crippen molar-refractivity contribution in [2.75, 3.05) is 13.1 Å². The summed E-state index contributed by atoms with van der Waals surface area (Å²) in [5.74, 6) is 0. The van der Waals surface area contributed by atoms with E-state index >= 15 is 0 Å². The SMILES string of the molecule is C=CCCCn1cc(CCCCNCC)c2ccccc21. The van der Waals surface area contributed by atoms with Crippen molar-refractivity contribution in [2.45, 2.75) is 45.6 Å². The molecule has 2 heteroatoms. The van der Waals surface area contributed by atoms with E-state index < -0.39 is 0 Å². The third-order valence-corrected chi connectivity index (χ3v) is 3.98. The molecular weight excluding hydrogens is 256 g/mol. The lowest BCUT2D eigenvalue weighted by Gasteiger charge is -2.03. The maximum absolute atomic E-state index is 3.81. The lowest BCUT2D eigenvalue weighted by molar-refractivity contribution is 0.638. The van der Waals surface area contributed by atoms with E-state index in [1.165, 1.54) is 42.1 Å². The van der Waals surface area contributed by atoms with Crippen LogP contribution in [0.5, 0.6) is 0 Å². The van der Waals surface area contributed by atoms with E-state index in [2.05, 4.69) is 53.8 Å². The monoisotopic (exact) mass is 284 g/mol. The molecule has 1 heterocycles. The van der Waals surface area contributed by atoms with Gasteiger partial charge in [-0.25, -0.2) is 0 Å². The molecule has 0 atom stereocenters. The number of allylic oxidation sites excluding steroid dienone is 1. The Labute approximate surface area is 128 Å². The zero-order valence-corrected chi connectivity index (χ0v) is 13.3. The zero-order valence-electron chi connectivity index (χ0n) is 13.3. The Morgan fingerprint density at radius 3 is 2.86 bits per heavy atom. The number of hydrogen-bond donors (Lipinski definition) is 1. The summed E-state index contributed by atoms with van der Waals surface area (Å²) in [7, 11) is 0. The number of fused-ring (bicyclic) bond motifs is 1. The number of nitrogens with one attached hydrogen (secondary N) is 1. The van der Waals surface area contributed by atoms with Crippen LogP contribution in [0.4, 0.5) is 0 Å². The summed E-state index contributed by atoms with van der Waals surface area (Å²) in [6.07, 6.45) is 10.3. The van der Waals surface area contributed by atoms with Gasteiger partial charge in [0.15, 0.2) is 0 Å². The van der Waals surface area contributed by atoms with Gasteiger partial charge in [-0.05, 0) is 56.8 Å². The van der Waals surface area contributed by atoms with Gasteiger partial charge in [0.2, 0.25) is 0 Å². The molecule has 0 aliphatic rings. The highest BCUT2D eigenvalue weighted by Gasteiger charge is 2.07. The summed E-state index contributed by atoms with van der Waals surface area (Å²) in [5.41, 5.74) is 2.88. The molecule has 1 aromatic heterocycles. The first-order chi connectivity index (χ1) is 10.4. The van der Waals surface area contributed by atoms with Gasteiger partial charge in [0.1, 0.15) is 0 Å². The first-order valence-corrected chi connectivity index (χ1v) is 8.25. The minimum absolute atomic E-state index is 1.07. The maximum atomic E-state index is 3.81. The van der Waals surface area contributed by atoms with Gasteiger partial charge in [-0.3, -0.25) is 0 Å². The number of aryl methyl sites for hydroxylation is 2. The fourth-order valence-corrected chi connectivity index (χ4v) is 2.86. The second kappa shape index (κ2) is 8.68. The van der Waals surface area contributed by atoms with Gasteiger partial charge in [0.05, 0.1) is 0 Å².